The Morgan fingerprint density at radius 2 is 2.18 bits per heavy atom. The molecule has 1 aromatic carbocycles. The van der Waals surface area contributed by atoms with Gasteiger partial charge in [-0.3, -0.25) is 4.90 Å². The summed E-state index contributed by atoms with van der Waals surface area (Å²) in [4.78, 5) is 2.06. The third kappa shape index (κ3) is 5.85. The molecule has 0 saturated carbocycles. The van der Waals surface area contributed by atoms with Gasteiger partial charge in [-0.1, -0.05) is 12.1 Å². The van der Waals surface area contributed by atoms with Gasteiger partial charge in [-0.25, -0.2) is 0 Å². The second-order valence-electron chi connectivity index (χ2n) is 5.57. The van der Waals surface area contributed by atoms with Crippen molar-refractivity contribution in [2.24, 2.45) is 0 Å². The van der Waals surface area contributed by atoms with Gasteiger partial charge in [-0.2, -0.15) is 13.2 Å². The fourth-order valence-electron chi connectivity index (χ4n) is 2.67. The van der Waals surface area contributed by atoms with E-state index in [-0.39, 0.29) is 12.5 Å². The van der Waals surface area contributed by atoms with Crippen molar-refractivity contribution in [3.8, 4) is 5.75 Å². The van der Waals surface area contributed by atoms with E-state index in [1.54, 1.807) is 7.11 Å². The van der Waals surface area contributed by atoms with E-state index in [1.165, 1.54) is 0 Å². The summed E-state index contributed by atoms with van der Waals surface area (Å²) in [5.74, 6) is 0.801. The molecule has 0 bridgehead atoms. The van der Waals surface area contributed by atoms with Crippen molar-refractivity contribution in [1.82, 2.24) is 4.90 Å². The van der Waals surface area contributed by atoms with Crippen LogP contribution < -0.4 is 4.74 Å². The largest absolute Gasteiger partial charge is 0.497 e. The second kappa shape index (κ2) is 7.83. The Bertz CT molecular complexity index is 465. The number of morpholine rings is 1. The van der Waals surface area contributed by atoms with Gasteiger partial charge in [0.2, 0.25) is 0 Å². The third-order valence-electron chi connectivity index (χ3n) is 3.76. The molecule has 2 rings (SSSR count). The van der Waals surface area contributed by atoms with Crippen molar-refractivity contribution >= 4 is 0 Å². The van der Waals surface area contributed by atoms with Crippen molar-refractivity contribution in [2.75, 3.05) is 33.4 Å². The predicted molar refractivity (Wildman–Crippen MR) is 78.2 cm³/mol. The SMILES string of the molecule is COc1cccc(C[C@@H]2CN(CCCC(F)(F)F)CCO2)c1. The average molecular weight is 317 g/mol. The smallest absolute Gasteiger partial charge is 0.389 e. The van der Waals surface area contributed by atoms with Crippen LogP contribution >= 0.6 is 0 Å². The molecule has 1 aliphatic rings. The lowest BCUT2D eigenvalue weighted by molar-refractivity contribution is -0.137. The number of alkyl halides is 3. The molecule has 0 amide bonds. The molecule has 1 heterocycles. The van der Waals surface area contributed by atoms with Crippen LogP contribution in [0, 0.1) is 0 Å². The highest BCUT2D eigenvalue weighted by Gasteiger charge is 2.27. The van der Waals surface area contributed by atoms with E-state index < -0.39 is 12.6 Å². The van der Waals surface area contributed by atoms with E-state index in [4.69, 9.17) is 9.47 Å². The highest BCUT2D eigenvalue weighted by Crippen LogP contribution is 2.22. The fraction of sp³-hybridized carbons (Fsp3) is 0.625. The first-order valence-corrected chi connectivity index (χ1v) is 7.50. The molecule has 22 heavy (non-hydrogen) atoms. The number of nitrogens with zero attached hydrogens (tertiary/aromatic N) is 1. The standard InChI is InChI=1S/C16H22F3NO2/c1-21-14-5-2-4-13(10-14)11-15-12-20(8-9-22-15)7-3-6-16(17,18)19/h2,4-5,10,15H,3,6-9,11-12H2,1H3/t15-/m1/s1. The van der Waals surface area contributed by atoms with Crippen LogP contribution in [-0.2, 0) is 11.2 Å². The molecule has 0 aromatic heterocycles. The van der Waals surface area contributed by atoms with Crippen molar-refractivity contribution in [3.63, 3.8) is 0 Å². The molecule has 0 unspecified atom stereocenters. The molecular formula is C16H22F3NO2. The van der Waals surface area contributed by atoms with Crippen LogP contribution in [0.2, 0.25) is 0 Å². The first-order valence-electron chi connectivity index (χ1n) is 7.50. The van der Waals surface area contributed by atoms with E-state index >= 15 is 0 Å². The molecule has 1 saturated heterocycles. The Morgan fingerprint density at radius 1 is 1.36 bits per heavy atom. The number of hydrogen-bond donors (Lipinski definition) is 0. The summed E-state index contributed by atoms with van der Waals surface area (Å²) in [5, 5.41) is 0. The molecule has 124 valence electrons. The van der Waals surface area contributed by atoms with Crippen LogP contribution in [0.15, 0.2) is 24.3 Å². The predicted octanol–water partition coefficient (Wildman–Crippen LogP) is 3.28. The maximum absolute atomic E-state index is 12.2. The van der Waals surface area contributed by atoms with Gasteiger partial charge < -0.3 is 9.47 Å². The van der Waals surface area contributed by atoms with E-state index in [2.05, 4.69) is 4.90 Å². The minimum absolute atomic E-state index is 0.0201. The number of ether oxygens (including phenoxy) is 2. The lowest BCUT2D eigenvalue weighted by Gasteiger charge is -2.33. The van der Waals surface area contributed by atoms with E-state index in [0.29, 0.717) is 26.2 Å². The zero-order valence-corrected chi connectivity index (χ0v) is 12.7. The molecule has 1 fully saturated rings. The summed E-state index contributed by atoms with van der Waals surface area (Å²) >= 11 is 0. The first kappa shape index (κ1) is 17.1. The lowest BCUT2D eigenvalue weighted by atomic mass is 10.1. The van der Waals surface area contributed by atoms with Crippen molar-refractivity contribution in [3.05, 3.63) is 29.8 Å². The summed E-state index contributed by atoms with van der Waals surface area (Å²) < 4.78 is 47.5. The van der Waals surface area contributed by atoms with Crippen LogP contribution in [0.4, 0.5) is 13.2 Å². The Balaban J connectivity index is 1.80. The number of hydrogen-bond acceptors (Lipinski definition) is 3. The topological polar surface area (TPSA) is 21.7 Å². The maximum atomic E-state index is 12.2. The summed E-state index contributed by atoms with van der Waals surface area (Å²) in [5.41, 5.74) is 1.11. The number of rotatable bonds is 6. The van der Waals surface area contributed by atoms with Gasteiger partial charge in [0, 0.05) is 25.9 Å². The molecule has 6 heteroatoms. The lowest BCUT2D eigenvalue weighted by Crippen LogP contribution is -2.43. The number of methoxy groups -OCH3 is 1. The maximum Gasteiger partial charge on any atom is 0.389 e. The minimum atomic E-state index is -4.06. The van der Waals surface area contributed by atoms with Gasteiger partial charge in [-0.15, -0.1) is 0 Å². The summed E-state index contributed by atoms with van der Waals surface area (Å²) in [6.07, 6.45) is -3.87. The van der Waals surface area contributed by atoms with E-state index in [0.717, 1.165) is 17.7 Å². The van der Waals surface area contributed by atoms with Gasteiger partial charge in [0.15, 0.2) is 0 Å². The molecule has 0 radical (unpaired) electrons. The molecule has 0 aliphatic carbocycles. The van der Waals surface area contributed by atoms with Crippen molar-refractivity contribution < 1.29 is 22.6 Å². The van der Waals surface area contributed by atoms with Crippen molar-refractivity contribution in [1.29, 1.82) is 0 Å². The minimum Gasteiger partial charge on any atom is -0.497 e. The molecule has 3 nitrogen and oxygen atoms in total. The van der Waals surface area contributed by atoms with Crippen LogP contribution in [0.3, 0.4) is 0 Å². The Morgan fingerprint density at radius 3 is 2.91 bits per heavy atom. The van der Waals surface area contributed by atoms with Crippen LogP contribution in [-0.4, -0.2) is 50.5 Å². The van der Waals surface area contributed by atoms with Gasteiger partial charge in [0.05, 0.1) is 19.8 Å². The van der Waals surface area contributed by atoms with Gasteiger partial charge >= 0.3 is 6.18 Å². The van der Waals surface area contributed by atoms with Crippen LogP contribution in [0.5, 0.6) is 5.75 Å². The second-order valence-corrected chi connectivity index (χ2v) is 5.57. The Labute approximate surface area is 129 Å². The number of halogens is 3. The Hall–Kier alpha value is -1.27. The summed E-state index contributed by atoms with van der Waals surface area (Å²) in [6, 6.07) is 7.78. The first-order chi connectivity index (χ1) is 10.5. The monoisotopic (exact) mass is 317 g/mol. The van der Waals surface area contributed by atoms with E-state index in [1.807, 2.05) is 24.3 Å². The van der Waals surface area contributed by atoms with Crippen LogP contribution in [0.1, 0.15) is 18.4 Å². The van der Waals surface area contributed by atoms with Crippen molar-refractivity contribution in [2.45, 2.75) is 31.5 Å². The summed E-state index contributed by atoms with van der Waals surface area (Å²) in [7, 11) is 1.62. The Kier molecular flexibility index (Phi) is 6.08. The normalized spacial score (nSPS) is 20.1. The molecule has 1 aromatic rings. The number of benzene rings is 1. The molecular weight excluding hydrogens is 295 g/mol. The average Bonchev–Trinajstić information content (AvgIpc) is 2.46. The van der Waals surface area contributed by atoms with Gasteiger partial charge in [0.25, 0.3) is 0 Å². The quantitative estimate of drug-likeness (QED) is 0.804. The molecule has 1 aliphatic heterocycles. The fourth-order valence-corrected chi connectivity index (χ4v) is 2.67. The zero-order chi connectivity index (χ0) is 16.0. The highest BCUT2D eigenvalue weighted by molar-refractivity contribution is 5.28. The van der Waals surface area contributed by atoms with Gasteiger partial charge in [-0.05, 0) is 30.7 Å². The zero-order valence-electron chi connectivity index (χ0n) is 12.7. The van der Waals surface area contributed by atoms with E-state index in [9.17, 15) is 13.2 Å². The van der Waals surface area contributed by atoms with Gasteiger partial charge in [0.1, 0.15) is 5.75 Å². The molecule has 1 atom stereocenters. The van der Waals surface area contributed by atoms with Crippen LogP contribution in [0.25, 0.3) is 0 Å². The molecule has 0 spiro atoms. The third-order valence-corrected chi connectivity index (χ3v) is 3.76. The highest BCUT2D eigenvalue weighted by atomic mass is 19.4. The molecule has 0 N–H and O–H groups in total. The summed E-state index contributed by atoms with van der Waals surface area (Å²) in [6.45, 7) is 2.42.